The standard InChI is InChI=1S/C39H67NO8.2Ac/c1-11-15-17-20-40-37(18-13-3,19-16-12-2)35(9,14-4)33(44)48-26-22-39(46)25(6)31-36(10,27(41)21-28-38(31,45)23-47-28)32(43)30(42)29(24(26)5)34(39,7)8;;/h25-28,30-31,40-42,45-46H,11-23H2,1-10H3;;/t25-,26?,27-,28+,30+,31?,35?,36+,37?,38-,39+;;/m0../s1. The Balaban J connectivity index is 0.00000433. The summed E-state index contributed by atoms with van der Waals surface area (Å²) < 4.78 is 12.2. The van der Waals surface area contributed by atoms with Gasteiger partial charge in [-0.25, -0.2) is 0 Å². The van der Waals surface area contributed by atoms with E-state index in [0.29, 0.717) is 17.6 Å². The Morgan fingerprint density at radius 1 is 1.00 bits per heavy atom. The summed E-state index contributed by atoms with van der Waals surface area (Å²) in [5.74, 6) is -2.57. The maximum Gasteiger partial charge on any atom is 0.314 e. The molecule has 0 aromatic carbocycles. The Bertz CT molecular complexity index is 1250. The van der Waals surface area contributed by atoms with Crippen molar-refractivity contribution in [3.05, 3.63) is 11.1 Å². The van der Waals surface area contributed by atoms with E-state index in [1.165, 1.54) is 0 Å². The van der Waals surface area contributed by atoms with Gasteiger partial charge in [-0.05, 0) is 70.1 Å². The van der Waals surface area contributed by atoms with Gasteiger partial charge in [-0.15, -0.1) is 0 Å². The number of esters is 1. The van der Waals surface area contributed by atoms with Gasteiger partial charge in [0.05, 0.1) is 35.2 Å². The summed E-state index contributed by atoms with van der Waals surface area (Å²) in [7, 11) is 0. The molecule has 282 valence electrons. The van der Waals surface area contributed by atoms with Gasteiger partial charge in [-0.3, -0.25) is 9.59 Å². The van der Waals surface area contributed by atoms with Crippen molar-refractivity contribution in [2.75, 3.05) is 13.2 Å². The van der Waals surface area contributed by atoms with Gasteiger partial charge in [0.2, 0.25) is 0 Å². The third-order valence-electron chi connectivity index (χ3n) is 14.2. The minimum atomic E-state index is -1.66. The molecule has 50 heavy (non-hydrogen) atoms. The summed E-state index contributed by atoms with van der Waals surface area (Å²) >= 11 is 0. The number of nitrogens with one attached hydrogen (secondary N) is 1. The van der Waals surface area contributed by atoms with Crippen LogP contribution in [0.25, 0.3) is 0 Å². The topological polar surface area (TPSA) is 146 Å². The summed E-state index contributed by atoms with van der Waals surface area (Å²) in [5, 5.41) is 52.3. The van der Waals surface area contributed by atoms with Crippen molar-refractivity contribution in [3.8, 4) is 0 Å². The van der Waals surface area contributed by atoms with Crippen molar-refractivity contribution in [1.29, 1.82) is 0 Å². The van der Waals surface area contributed by atoms with E-state index in [4.69, 9.17) is 9.47 Å². The van der Waals surface area contributed by atoms with E-state index in [0.717, 1.165) is 57.9 Å². The Kier molecular flexibility index (Phi) is 16.9. The van der Waals surface area contributed by atoms with Crippen molar-refractivity contribution in [1.82, 2.24) is 5.32 Å². The number of ketones is 1. The maximum atomic E-state index is 14.7. The summed E-state index contributed by atoms with van der Waals surface area (Å²) in [4.78, 5) is 29.2. The smallest absolute Gasteiger partial charge is 0.314 e. The third-order valence-corrected chi connectivity index (χ3v) is 14.2. The van der Waals surface area contributed by atoms with Crippen LogP contribution in [0.4, 0.5) is 0 Å². The number of unbranched alkanes of at least 4 members (excludes halogenated alkanes) is 3. The second kappa shape index (κ2) is 17.8. The number of aliphatic hydroxyl groups is 4. The van der Waals surface area contributed by atoms with E-state index in [1.807, 2.05) is 34.6 Å². The number of carbonyl (C=O) groups excluding carboxylic acids is 2. The third kappa shape index (κ3) is 7.40. The minimum Gasteiger partial charge on any atom is -0.457 e. The summed E-state index contributed by atoms with van der Waals surface area (Å²) in [6.07, 6.45) is 4.00. The average molecular weight is 1130 g/mol. The van der Waals surface area contributed by atoms with Gasteiger partial charge in [0.25, 0.3) is 0 Å². The van der Waals surface area contributed by atoms with Gasteiger partial charge in [-0.2, -0.15) is 0 Å². The predicted octanol–water partition coefficient (Wildman–Crippen LogP) is 5.40. The van der Waals surface area contributed by atoms with Crippen LogP contribution in [0.1, 0.15) is 140 Å². The Hall–Kier alpha value is 1.52. The predicted molar refractivity (Wildman–Crippen MR) is 186 cm³/mol. The number of fused-ring (bicyclic) bond motifs is 5. The first-order chi connectivity index (χ1) is 22.3. The van der Waals surface area contributed by atoms with E-state index >= 15 is 0 Å². The average Bonchev–Trinajstić information content (AvgIpc) is 3.04. The monoisotopic (exact) mass is 1130 g/mol. The Morgan fingerprint density at radius 3 is 2.14 bits per heavy atom. The normalized spacial score (nSPS) is 38.4. The second-order valence-electron chi connectivity index (χ2n) is 16.9. The molecular formula is C39H67Ac2NO8. The fourth-order valence-electron chi connectivity index (χ4n) is 10.7. The van der Waals surface area contributed by atoms with Gasteiger partial charge in [0, 0.05) is 118 Å². The molecule has 4 rings (SSSR count). The quantitative estimate of drug-likeness (QED) is 0.0879. The number of carbonyl (C=O) groups is 2. The molecule has 1 heterocycles. The van der Waals surface area contributed by atoms with Crippen LogP contribution in [-0.2, 0) is 19.1 Å². The molecule has 2 saturated carbocycles. The van der Waals surface area contributed by atoms with Crippen molar-refractivity contribution >= 4 is 11.8 Å². The molecule has 0 aromatic rings. The zero-order valence-corrected chi connectivity index (χ0v) is 42.2. The number of hydrogen-bond acceptors (Lipinski definition) is 9. The summed E-state index contributed by atoms with van der Waals surface area (Å²) in [6.45, 7) is 20.2. The summed E-state index contributed by atoms with van der Waals surface area (Å²) in [6, 6.07) is 0. The Morgan fingerprint density at radius 2 is 1.62 bits per heavy atom. The van der Waals surface area contributed by atoms with E-state index in [1.54, 1.807) is 13.8 Å². The molecule has 11 atom stereocenters. The molecule has 2 bridgehead atoms. The first kappa shape index (κ1) is 47.7. The fourth-order valence-corrected chi connectivity index (χ4v) is 10.7. The molecule has 2 radical (unpaired) electrons. The van der Waals surface area contributed by atoms with E-state index in [9.17, 15) is 30.0 Å². The molecule has 1 aliphatic heterocycles. The molecule has 0 amide bonds. The van der Waals surface area contributed by atoms with Crippen LogP contribution in [0.2, 0.25) is 0 Å². The zero-order chi connectivity index (χ0) is 36.1. The minimum absolute atomic E-state index is 0. The SMILES string of the molecule is CCCCCNC(CCC)(CCCC)C(C)(CC)C(=O)OC1C[C@@]2(O)[C@@H](C)C3[C@]4(O)CO[C@@H]4C[C@H](O)[C@@]3(C)C(=O)[C@H](O)C(=C1C)C2(C)C.[Ac].[Ac]. The Labute approximate surface area is 373 Å². The number of hydrogen-bond donors (Lipinski definition) is 5. The van der Waals surface area contributed by atoms with E-state index in [-0.39, 0.29) is 114 Å². The molecule has 4 aliphatic rings. The zero-order valence-electron chi connectivity index (χ0n) is 32.7. The maximum absolute atomic E-state index is 14.7. The number of rotatable bonds is 14. The molecule has 5 N–H and O–H groups in total. The number of aliphatic hydroxyl groups excluding tert-OH is 2. The van der Waals surface area contributed by atoms with Gasteiger partial charge >= 0.3 is 5.97 Å². The van der Waals surface area contributed by atoms with Crippen LogP contribution in [0, 0.1) is 116 Å². The van der Waals surface area contributed by atoms with Crippen LogP contribution >= 0.6 is 0 Å². The van der Waals surface area contributed by atoms with E-state index in [2.05, 4.69) is 26.1 Å². The van der Waals surface area contributed by atoms with E-state index < -0.39 is 75.0 Å². The molecular weight excluding hydrogens is 1060 g/mol. The molecule has 0 spiro atoms. The van der Waals surface area contributed by atoms with Gasteiger partial charge < -0.3 is 35.2 Å². The van der Waals surface area contributed by atoms with Crippen molar-refractivity contribution in [3.63, 3.8) is 0 Å². The van der Waals surface area contributed by atoms with Crippen LogP contribution < -0.4 is 5.32 Å². The second-order valence-corrected chi connectivity index (χ2v) is 16.9. The molecule has 4 unspecified atom stereocenters. The number of Topliss-reactive ketones (excluding diaryl/α,β-unsaturated/α-hetero) is 1. The first-order valence-corrected chi connectivity index (χ1v) is 19.0. The fraction of sp³-hybridized carbons (Fsp3) is 0.897. The molecule has 9 nitrogen and oxygen atoms in total. The van der Waals surface area contributed by atoms with Crippen LogP contribution in [0.15, 0.2) is 11.1 Å². The van der Waals surface area contributed by atoms with Gasteiger partial charge in [0.15, 0.2) is 5.78 Å². The molecule has 3 aliphatic carbocycles. The van der Waals surface area contributed by atoms with Crippen LogP contribution in [0.5, 0.6) is 0 Å². The van der Waals surface area contributed by atoms with Gasteiger partial charge in [-0.1, -0.05) is 80.6 Å². The van der Waals surface area contributed by atoms with Crippen LogP contribution in [-0.4, -0.2) is 86.5 Å². The first-order valence-electron chi connectivity index (χ1n) is 19.0. The molecule has 0 aromatic heterocycles. The summed E-state index contributed by atoms with van der Waals surface area (Å²) in [5.41, 5.74) is -6.20. The molecule has 11 heteroatoms. The van der Waals surface area contributed by atoms with Crippen molar-refractivity contribution in [2.45, 2.75) is 181 Å². The molecule has 1 saturated heterocycles. The molecule has 3 fully saturated rings. The van der Waals surface area contributed by atoms with Gasteiger partial charge in [0.1, 0.15) is 17.8 Å². The van der Waals surface area contributed by atoms with Crippen molar-refractivity contribution < 1.29 is 128 Å². The van der Waals surface area contributed by atoms with Crippen molar-refractivity contribution in [2.24, 2.45) is 28.1 Å². The largest absolute Gasteiger partial charge is 0.457 e. The number of ether oxygens (including phenoxy) is 2. The van der Waals surface area contributed by atoms with Crippen LogP contribution in [0.3, 0.4) is 0 Å².